The number of carbonyl (C=O) groups is 4. The fourth-order valence-corrected chi connectivity index (χ4v) is 1.55. The molecule has 0 aromatic heterocycles. The Morgan fingerprint density at radius 1 is 0.947 bits per heavy atom. The average molecular weight is 270 g/mol. The molecule has 1 atom stereocenters. The van der Waals surface area contributed by atoms with E-state index >= 15 is 0 Å². The second-order valence-corrected chi connectivity index (χ2v) is 4.30. The van der Waals surface area contributed by atoms with Gasteiger partial charge in [-0.1, -0.05) is 6.92 Å². The molecule has 0 saturated heterocycles. The van der Waals surface area contributed by atoms with Gasteiger partial charge in [0.1, 0.15) is 29.7 Å². The zero-order valence-corrected chi connectivity index (χ0v) is 11.6. The number of ether oxygens (including phenoxy) is 1. The van der Waals surface area contributed by atoms with Gasteiger partial charge < -0.3 is 9.53 Å². The molecule has 0 spiro atoms. The van der Waals surface area contributed by atoms with E-state index < -0.39 is 6.10 Å². The predicted molar refractivity (Wildman–Crippen MR) is 69.9 cm³/mol. The molecule has 108 valence electrons. The number of ketones is 3. The molecule has 5 heteroatoms. The van der Waals surface area contributed by atoms with Crippen LogP contribution in [0.15, 0.2) is 0 Å². The lowest BCUT2D eigenvalue weighted by Gasteiger charge is -2.08. The van der Waals surface area contributed by atoms with Crippen molar-refractivity contribution >= 4 is 23.6 Å². The molecule has 0 heterocycles. The summed E-state index contributed by atoms with van der Waals surface area (Å²) < 4.78 is 5.04. The zero-order valence-electron chi connectivity index (χ0n) is 11.6. The molecule has 0 radical (unpaired) electrons. The van der Waals surface area contributed by atoms with Crippen LogP contribution in [0.4, 0.5) is 0 Å². The Morgan fingerprint density at radius 3 is 1.95 bits per heavy atom. The average Bonchev–Trinajstić information content (AvgIpc) is 2.41. The second kappa shape index (κ2) is 10.6. The van der Waals surface area contributed by atoms with Crippen molar-refractivity contribution in [3.63, 3.8) is 0 Å². The van der Waals surface area contributed by atoms with E-state index in [0.29, 0.717) is 19.3 Å². The fraction of sp³-hybridized carbons (Fsp3) is 0.714. The van der Waals surface area contributed by atoms with Crippen molar-refractivity contribution < 1.29 is 23.9 Å². The maximum absolute atomic E-state index is 11.5. The van der Waals surface area contributed by atoms with Crippen LogP contribution < -0.4 is 0 Å². The lowest BCUT2D eigenvalue weighted by Crippen LogP contribution is -2.19. The minimum atomic E-state index is -0.714. The molecule has 0 saturated carbocycles. The summed E-state index contributed by atoms with van der Waals surface area (Å²) in [6.45, 7) is 3.87. The fourth-order valence-electron chi connectivity index (χ4n) is 1.55. The Labute approximate surface area is 113 Å². The topological polar surface area (TPSA) is 77.5 Å². The van der Waals surface area contributed by atoms with E-state index in [4.69, 9.17) is 4.74 Å². The highest BCUT2D eigenvalue weighted by Gasteiger charge is 2.14. The van der Waals surface area contributed by atoms with Gasteiger partial charge in [0.15, 0.2) is 0 Å². The van der Waals surface area contributed by atoms with Gasteiger partial charge in [-0.05, 0) is 6.92 Å². The van der Waals surface area contributed by atoms with Gasteiger partial charge in [0.2, 0.25) is 0 Å². The van der Waals surface area contributed by atoms with Crippen molar-refractivity contribution in [2.75, 3.05) is 6.61 Å². The molecule has 0 aromatic carbocycles. The molecule has 0 aliphatic heterocycles. The number of carbonyl (C=O) groups excluding carboxylic acids is 4. The molecule has 0 fully saturated rings. The van der Waals surface area contributed by atoms with Crippen molar-refractivity contribution in [3.05, 3.63) is 0 Å². The van der Waals surface area contributed by atoms with E-state index in [1.165, 1.54) is 0 Å². The first-order chi connectivity index (χ1) is 9.03. The molecular formula is C14H22O5. The molecule has 5 nitrogen and oxygen atoms in total. The molecule has 19 heavy (non-hydrogen) atoms. The van der Waals surface area contributed by atoms with Gasteiger partial charge in [0.25, 0.3) is 0 Å². The van der Waals surface area contributed by atoms with Crippen LogP contribution in [-0.4, -0.2) is 36.3 Å². The Morgan fingerprint density at radius 2 is 1.47 bits per heavy atom. The Kier molecular flexibility index (Phi) is 9.80. The van der Waals surface area contributed by atoms with E-state index in [0.717, 1.165) is 0 Å². The summed E-state index contributed by atoms with van der Waals surface area (Å²) in [6, 6.07) is 0. The van der Waals surface area contributed by atoms with Crippen LogP contribution in [0, 0.1) is 0 Å². The van der Waals surface area contributed by atoms with Gasteiger partial charge in [-0.25, -0.2) is 0 Å². The van der Waals surface area contributed by atoms with Gasteiger partial charge in [0.05, 0.1) is 0 Å². The van der Waals surface area contributed by atoms with Crippen molar-refractivity contribution in [1.82, 2.24) is 0 Å². The molecule has 0 aliphatic rings. The third-order valence-corrected chi connectivity index (χ3v) is 2.72. The SMILES string of the molecule is CCOC(C=O)CC(=O)CCC(=O)CCC(=O)CC. The van der Waals surface area contributed by atoms with Gasteiger partial charge in [-0.3, -0.25) is 14.4 Å². The van der Waals surface area contributed by atoms with E-state index in [9.17, 15) is 19.2 Å². The third-order valence-electron chi connectivity index (χ3n) is 2.72. The zero-order chi connectivity index (χ0) is 14.7. The summed E-state index contributed by atoms with van der Waals surface area (Å²) >= 11 is 0. The van der Waals surface area contributed by atoms with Crippen LogP contribution in [0.5, 0.6) is 0 Å². The highest BCUT2D eigenvalue weighted by Crippen LogP contribution is 2.05. The van der Waals surface area contributed by atoms with Gasteiger partial charge in [0, 0.05) is 45.1 Å². The Balaban J connectivity index is 3.85. The minimum absolute atomic E-state index is 0.0124. The highest BCUT2D eigenvalue weighted by molar-refractivity contribution is 5.89. The van der Waals surface area contributed by atoms with Crippen molar-refractivity contribution in [2.24, 2.45) is 0 Å². The summed E-state index contributed by atoms with van der Waals surface area (Å²) in [7, 11) is 0. The maximum Gasteiger partial charge on any atom is 0.149 e. The van der Waals surface area contributed by atoms with Crippen LogP contribution in [0.2, 0.25) is 0 Å². The lowest BCUT2D eigenvalue weighted by atomic mass is 10.0. The molecule has 0 amide bonds. The van der Waals surface area contributed by atoms with Crippen LogP contribution in [0.1, 0.15) is 52.4 Å². The van der Waals surface area contributed by atoms with Gasteiger partial charge in [-0.15, -0.1) is 0 Å². The number of rotatable bonds is 12. The highest BCUT2D eigenvalue weighted by atomic mass is 16.5. The second-order valence-electron chi connectivity index (χ2n) is 4.30. The van der Waals surface area contributed by atoms with Crippen molar-refractivity contribution in [3.8, 4) is 0 Å². The third kappa shape index (κ3) is 9.25. The molecule has 0 N–H and O–H groups in total. The van der Waals surface area contributed by atoms with E-state index in [1.807, 2.05) is 0 Å². The van der Waals surface area contributed by atoms with Crippen LogP contribution in [0.25, 0.3) is 0 Å². The normalized spacial score (nSPS) is 11.9. The maximum atomic E-state index is 11.5. The standard InChI is InChI=1S/C14H22O5/c1-3-11(16)5-6-12(17)7-8-13(18)9-14(10-15)19-4-2/h10,14H,3-9H2,1-2H3. The number of hydrogen-bond donors (Lipinski definition) is 0. The summed E-state index contributed by atoms with van der Waals surface area (Å²) in [5, 5.41) is 0. The lowest BCUT2D eigenvalue weighted by molar-refractivity contribution is -0.129. The van der Waals surface area contributed by atoms with E-state index in [1.54, 1.807) is 13.8 Å². The molecule has 0 rings (SSSR count). The van der Waals surface area contributed by atoms with Crippen molar-refractivity contribution in [2.45, 2.75) is 58.5 Å². The van der Waals surface area contributed by atoms with Gasteiger partial charge >= 0.3 is 0 Å². The first-order valence-corrected chi connectivity index (χ1v) is 6.65. The molecule has 0 aliphatic carbocycles. The summed E-state index contributed by atoms with van der Waals surface area (Å²) in [4.78, 5) is 44.6. The number of aldehydes is 1. The smallest absolute Gasteiger partial charge is 0.149 e. The van der Waals surface area contributed by atoms with E-state index in [2.05, 4.69) is 0 Å². The summed E-state index contributed by atoms with van der Waals surface area (Å²) in [5.74, 6) is -0.202. The first kappa shape index (κ1) is 17.6. The first-order valence-electron chi connectivity index (χ1n) is 6.65. The van der Waals surface area contributed by atoms with Crippen molar-refractivity contribution in [1.29, 1.82) is 0 Å². The van der Waals surface area contributed by atoms with Crippen LogP contribution in [-0.2, 0) is 23.9 Å². The van der Waals surface area contributed by atoms with Crippen LogP contribution >= 0.6 is 0 Å². The predicted octanol–water partition coefficient (Wildman–Crippen LogP) is 1.66. The van der Waals surface area contributed by atoms with Crippen LogP contribution in [0.3, 0.4) is 0 Å². The molecule has 0 aromatic rings. The summed E-state index contributed by atoms with van der Waals surface area (Å²) in [5.41, 5.74) is 0. The largest absolute Gasteiger partial charge is 0.371 e. The number of Topliss-reactive ketones (excluding diaryl/α,β-unsaturated/α-hetero) is 3. The van der Waals surface area contributed by atoms with E-state index in [-0.39, 0.29) is 49.5 Å². The number of hydrogen-bond acceptors (Lipinski definition) is 5. The molecular weight excluding hydrogens is 248 g/mol. The quantitative estimate of drug-likeness (QED) is 0.504. The Hall–Kier alpha value is -1.36. The molecule has 0 bridgehead atoms. The monoisotopic (exact) mass is 270 g/mol. The summed E-state index contributed by atoms with van der Waals surface area (Å²) in [6.07, 6.45) is 1.02. The van der Waals surface area contributed by atoms with Gasteiger partial charge in [-0.2, -0.15) is 0 Å². The molecule has 1 unspecified atom stereocenters. The Bertz CT molecular complexity index is 322. The minimum Gasteiger partial charge on any atom is -0.371 e.